The minimum Gasteiger partial charge on any atom is -0.391 e. The maximum atomic E-state index is 11.8. The van der Waals surface area contributed by atoms with E-state index in [0.717, 1.165) is 0 Å². The van der Waals surface area contributed by atoms with Gasteiger partial charge in [-0.05, 0) is 13.8 Å². The predicted molar refractivity (Wildman–Crippen MR) is 65.3 cm³/mol. The monoisotopic (exact) mass is 267 g/mol. The molecule has 1 aliphatic rings. The zero-order valence-electron chi connectivity index (χ0n) is 9.34. The first kappa shape index (κ1) is 13.8. The molecule has 0 saturated carbocycles. The second-order valence-electron chi connectivity index (χ2n) is 3.90. The predicted octanol–water partition coefficient (Wildman–Crippen LogP) is -0.784. The van der Waals surface area contributed by atoms with Crippen molar-refractivity contribution in [1.82, 2.24) is 9.03 Å². The lowest BCUT2D eigenvalue weighted by molar-refractivity contribution is 0.0381. The third-order valence-electron chi connectivity index (χ3n) is 2.07. The Bertz CT molecular complexity index is 356. The zero-order valence-corrected chi connectivity index (χ0v) is 11.0. The first-order valence-corrected chi connectivity index (χ1v) is 6.86. The van der Waals surface area contributed by atoms with Gasteiger partial charge in [0.05, 0.1) is 6.61 Å². The first-order chi connectivity index (χ1) is 7.33. The van der Waals surface area contributed by atoms with Gasteiger partial charge in [-0.1, -0.05) is 12.2 Å². The summed E-state index contributed by atoms with van der Waals surface area (Å²) in [6.07, 6.45) is -0.493. The molecule has 1 aliphatic heterocycles. The molecule has 0 aliphatic carbocycles. The van der Waals surface area contributed by atoms with E-state index < -0.39 is 16.3 Å². The van der Waals surface area contributed by atoms with Crippen LogP contribution in [-0.4, -0.2) is 49.6 Å². The molecule has 1 heterocycles. The van der Waals surface area contributed by atoms with Gasteiger partial charge in [-0.15, -0.1) is 0 Å². The number of hydrogen-bond donors (Lipinski definition) is 2. The minimum atomic E-state index is -3.46. The summed E-state index contributed by atoms with van der Waals surface area (Å²) in [6, 6.07) is -0.142. The smallest absolute Gasteiger partial charge is 0.279 e. The molecule has 0 radical (unpaired) electrons. The average Bonchev–Trinajstić information content (AvgIpc) is 2.16. The van der Waals surface area contributed by atoms with Gasteiger partial charge in [-0.25, -0.2) is 0 Å². The van der Waals surface area contributed by atoms with Gasteiger partial charge in [-0.3, -0.25) is 0 Å². The number of nitrogens with two attached hydrogens (primary N) is 1. The van der Waals surface area contributed by atoms with Crippen molar-refractivity contribution in [3.63, 3.8) is 0 Å². The summed E-state index contributed by atoms with van der Waals surface area (Å²) in [4.78, 5) is 0.185. The highest BCUT2D eigenvalue weighted by Crippen LogP contribution is 2.09. The van der Waals surface area contributed by atoms with Crippen molar-refractivity contribution in [2.45, 2.75) is 26.0 Å². The van der Waals surface area contributed by atoms with Gasteiger partial charge in [0.1, 0.15) is 11.1 Å². The number of hydrogen-bond acceptors (Lipinski definition) is 4. The van der Waals surface area contributed by atoms with Crippen LogP contribution in [-0.2, 0) is 14.9 Å². The Hall–Kier alpha value is -0.280. The Labute approximate surface area is 101 Å². The molecule has 8 heteroatoms. The maximum absolute atomic E-state index is 11.8. The molecule has 3 N–H and O–H groups in total. The Morgan fingerprint density at radius 1 is 1.62 bits per heavy atom. The van der Waals surface area contributed by atoms with Gasteiger partial charge in [0, 0.05) is 19.1 Å². The molecule has 1 rings (SSSR count). The van der Waals surface area contributed by atoms with Crippen LogP contribution in [0.5, 0.6) is 0 Å². The quantitative estimate of drug-likeness (QED) is 0.653. The lowest BCUT2D eigenvalue weighted by Gasteiger charge is -2.31. The molecule has 1 unspecified atom stereocenters. The highest BCUT2D eigenvalue weighted by atomic mass is 32.2. The third-order valence-corrected chi connectivity index (χ3v) is 4.11. The summed E-state index contributed by atoms with van der Waals surface area (Å²) in [5.41, 5.74) is 5.44. The fraction of sp³-hybridized carbons (Fsp3) is 0.875. The van der Waals surface area contributed by atoms with Gasteiger partial charge in [-0.2, -0.15) is 17.4 Å². The van der Waals surface area contributed by atoms with Gasteiger partial charge in [0.2, 0.25) is 0 Å². The Balaban J connectivity index is 2.70. The number of nitrogens with zero attached hydrogens (tertiary/aromatic N) is 1. The summed E-state index contributed by atoms with van der Waals surface area (Å²) in [6.45, 7) is 4.34. The normalized spacial score (nSPS) is 23.6. The van der Waals surface area contributed by atoms with E-state index in [9.17, 15) is 8.42 Å². The highest BCUT2D eigenvalue weighted by Gasteiger charge is 2.30. The second-order valence-corrected chi connectivity index (χ2v) is 6.07. The Kier molecular flexibility index (Phi) is 4.62. The zero-order chi connectivity index (χ0) is 12.3. The Morgan fingerprint density at radius 3 is 2.75 bits per heavy atom. The van der Waals surface area contributed by atoms with E-state index in [2.05, 4.69) is 4.72 Å². The number of thiocarbonyl (C=S) groups is 1. The van der Waals surface area contributed by atoms with E-state index in [0.29, 0.717) is 13.2 Å². The minimum absolute atomic E-state index is 0.142. The van der Waals surface area contributed by atoms with Crippen molar-refractivity contribution in [1.29, 1.82) is 0 Å². The molecule has 0 aromatic carbocycles. The summed E-state index contributed by atoms with van der Waals surface area (Å²) in [5, 5.41) is 0. The highest BCUT2D eigenvalue weighted by molar-refractivity contribution is 7.87. The molecule has 16 heavy (non-hydrogen) atoms. The average molecular weight is 267 g/mol. The third kappa shape index (κ3) is 3.63. The van der Waals surface area contributed by atoms with E-state index in [1.54, 1.807) is 13.8 Å². The van der Waals surface area contributed by atoms with E-state index >= 15 is 0 Å². The lowest BCUT2D eigenvalue weighted by Crippen LogP contribution is -2.53. The number of nitrogens with one attached hydrogen (secondary N) is 1. The maximum Gasteiger partial charge on any atom is 0.279 e. The number of ether oxygens (including phenoxy) is 1. The van der Waals surface area contributed by atoms with Gasteiger partial charge >= 0.3 is 0 Å². The summed E-state index contributed by atoms with van der Waals surface area (Å²) < 4.78 is 32.8. The van der Waals surface area contributed by atoms with Gasteiger partial charge in [0.25, 0.3) is 10.2 Å². The van der Waals surface area contributed by atoms with Crippen LogP contribution < -0.4 is 10.5 Å². The number of rotatable bonds is 4. The molecule has 1 fully saturated rings. The Morgan fingerprint density at radius 2 is 2.25 bits per heavy atom. The molecule has 94 valence electrons. The molecule has 0 aromatic rings. The summed E-state index contributed by atoms with van der Waals surface area (Å²) in [5.74, 6) is 0. The molecular formula is C8H17N3O3S2. The largest absolute Gasteiger partial charge is 0.391 e. The van der Waals surface area contributed by atoms with E-state index in [-0.39, 0.29) is 17.6 Å². The van der Waals surface area contributed by atoms with Crippen LogP contribution in [0.15, 0.2) is 0 Å². The summed E-state index contributed by atoms with van der Waals surface area (Å²) >= 11 is 4.79. The fourth-order valence-corrected chi connectivity index (χ4v) is 2.92. The van der Waals surface area contributed by atoms with Crippen LogP contribution in [0.25, 0.3) is 0 Å². The molecule has 0 bridgehead atoms. The molecular weight excluding hydrogens is 250 g/mol. The molecule has 0 amide bonds. The van der Waals surface area contributed by atoms with Crippen LogP contribution in [0.3, 0.4) is 0 Å². The molecule has 6 nitrogen and oxygen atoms in total. The van der Waals surface area contributed by atoms with Crippen LogP contribution in [0.2, 0.25) is 0 Å². The number of morpholine rings is 1. The van der Waals surface area contributed by atoms with Crippen LogP contribution in [0.1, 0.15) is 13.8 Å². The van der Waals surface area contributed by atoms with Crippen molar-refractivity contribution in [2.24, 2.45) is 5.73 Å². The van der Waals surface area contributed by atoms with Crippen molar-refractivity contribution < 1.29 is 13.2 Å². The lowest BCUT2D eigenvalue weighted by atomic mass is 10.3. The van der Waals surface area contributed by atoms with Crippen molar-refractivity contribution in [2.75, 3.05) is 19.7 Å². The molecule has 1 atom stereocenters. The molecule has 1 saturated heterocycles. The topological polar surface area (TPSA) is 84.7 Å². The van der Waals surface area contributed by atoms with Gasteiger partial charge in [0.15, 0.2) is 0 Å². The summed E-state index contributed by atoms with van der Waals surface area (Å²) in [7, 11) is -3.46. The fourth-order valence-electron chi connectivity index (χ4n) is 1.39. The first-order valence-electron chi connectivity index (χ1n) is 5.01. The van der Waals surface area contributed by atoms with Crippen molar-refractivity contribution in [3.8, 4) is 0 Å². The van der Waals surface area contributed by atoms with Crippen LogP contribution >= 0.6 is 12.2 Å². The molecule has 0 aromatic heterocycles. The van der Waals surface area contributed by atoms with Crippen LogP contribution in [0.4, 0.5) is 0 Å². The standard InChI is InChI=1S/C8H17N3O3S2/c1-6(2)10-16(12,13)11-3-4-14-7(5-11)8(9)15/h6-7,10H,3-5H2,1-2H3,(H2,9,15). The van der Waals surface area contributed by atoms with E-state index in [1.165, 1.54) is 4.31 Å². The van der Waals surface area contributed by atoms with E-state index in [1.807, 2.05) is 0 Å². The second kappa shape index (κ2) is 5.37. The van der Waals surface area contributed by atoms with E-state index in [4.69, 9.17) is 22.7 Å². The SMILES string of the molecule is CC(C)NS(=O)(=O)N1CCOC(C(N)=S)C1. The molecule has 0 spiro atoms. The van der Waals surface area contributed by atoms with Crippen molar-refractivity contribution in [3.05, 3.63) is 0 Å². The van der Waals surface area contributed by atoms with Gasteiger partial charge < -0.3 is 10.5 Å². The van der Waals surface area contributed by atoms with Crippen LogP contribution in [0, 0.1) is 0 Å². The van der Waals surface area contributed by atoms with Crippen molar-refractivity contribution >= 4 is 27.4 Å².